The van der Waals surface area contributed by atoms with Crippen molar-refractivity contribution in [3.8, 4) is 0 Å². The van der Waals surface area contributed by atoms with E-state index in [1.807, 2.05) is 0 Å². The molecule has 15 heavy (non-hydrogen) atoms. The fraction of sp³-hybridized carbons (Fsp3) is 0.786. The number of hydrogen-bond acceptors (Lipinski definition) is 1. The smallest absolute Gasteiger partial charge is 0.146 e. The maximum Gasteiger partial charge on any atom is 0.146 e. The van der Waals surface area contributed by atoms with Crippen molar-refractivity contribution in [2.24, 2.45) is 27.6 Å². The summed E-state index contributed by atoms with van der Waals surface area (Å²) in [7, 11) is 0. The van der Waals surface area contributed by atoms with Crippen LogP contribution in [0.3, 0.4) is 0 Å². The van der Waals surface area contributed by atoms with E-state index in [1.165, 1.54) is 19.3 Å². The molecule has 3 saturated carbocycles. The van der Waals surface area contributed by atoms with Crippen LogP contribution in [0, 0.1) is 27.6 Å². The Morgan fingerprint density at radius 1 is 1.27 bits per heavy atom. The second kappa shape index (κ2) is 1.74. The van der Waals surface area contributed by atoms with Crippen molar-refractivity contribution in [3.05, 3.63) is 12.2 Å². The number of allylic oxidation sites excluding steroid dienone is 2. The van der Waals surface area contributed by atoms with Crippen LogP contribution in [0.1, 0.15) is 40.0 Å². The number of Topliss-reactive ketones (excluding diaryl/α,β-unsaturated/α-hetero) is 1. The number of carbonyl (C=O) groups excluding carboxylic acids is 1. The zero-order valence-corrected chi connectivity index (χ0v) is 9.76. The number of carbonyl (C=O) groups is 1. The monoisotopic (exact) mass is 202 g/mol. The van der Waals surface area contributed by atoms with Crippen molar-refractivity contribution in [1.29, 1.82) is 0 Å². The molecular weight excluding hydrogens is 184 g/mol. The van der Waals surface area contributed by atoms with Crippen LogP contribution in [0.15, 0.2) is 12.2 Å². The SMILES string of the molecule is CC1(C)C(=O)C2(C)C3C=CC14CCCC324. The normalized spacial score (nSPS) is 62.1. The van der Waals surface area contributed by atoms with E-state index in [-0.39, 0.29) is 16.2 Å². The summed E-state index contributed by atoms with van der Waals surface area (Å²) in [6.07, 6.45) is 8.64. The molecule has 0 heterocycles. The molecule has 4 rings (SSSR count). The van der Waals surface area contributed by atoms with Gasteiger partial charge in [-0.25, -0.2) is 0 Å². The summed E-state index contributed by atoms with van der Waals surface area (Å²) in [6, 6.07) is 0. The minimum absolute atomic E-state index is 0.0156. The van der Waals surface area contributed by atoms with Crippen LogP contribution in [0.4, 0.5) is 0 Å². The van der Waals surface area contributed by atoms with Crippen LogP contribution in [0.25, 0.3) is 0 Å². The zero-order valence-electron chi connectivity index (χ0n) is 9.76. The van der Waals surface area contributed by atoms with E-state index in [4.69, 9.17) is 0 Å². The van der Waals surface area contributed by atoms with Crippen LogP contribution in [-0.4, -0.2) is 5.78 Å². The summed E-state index contributed by atoms with van der Waals surface area (Å²) in [6.45, 7) is 6.61. The van der Waals surface area contributed by atoms with Crippen molar-refractivity contribution in [3.63, 3.8) is 0 Å². The molecule has 80 valence electrons. The van der Waals surface area contributed by atoms with E-state index in [1.54, 1.807) is 0 Å². The van der Waals surface area contributed by atoms with Gasteiger partial charge in [-0.3, -0.25) is 4.79 Å². The van der Waals surface area contributed by atoms with Crippen LogP contribution in [-0.2, 0) is 4.79 Å². The molecule has 0 bridgehead atoms. The molecular formula is C14H18O. The Hall–Kier alpha value is -0.590. The van der Waals surface area contributed by atoms with Crippen LogP contribution >= 0.6 is 0 Å². The second-order valence-electron chi connectivity index (χ2n) is 6.79. The third-order valence-electron chi connectivity index (χ3n) is 6.66. The molecule has 3 fully saturated rings. The maximum absolute atomic E-state index is 12.6. The summed E-state index contributed by atoms with van der Waals surface area (Å²) in [4.78, 5) is 12.6. The van der Waals surface area contributed by atoms with Gasteiger partial charge in [0.2, 0.25) is 0 Å². The average molecular weight is 202 g/mol. The van der Waals surface area contributed by atoms with Crippen LogP contribution in [0.5, 0.6) is 0 Å². The summed E-state index contributed by atoms with van der Waals surface area (Å²) in [5.41, 5.74) is 0.501. The van der Waals surface area contributed by atoms with Gasteiger partial charge in [-0.05, 0) is 18.8 Å². The Morgan fingerprint density at radius 2 is 2.00 bits per heavy atom. The first-order chi connectivity index (χ1) is 6.95. The van der Waals surface area contributed by atoms with E-state index in [2.05, 4.69) is 32.9 Å². The number of rotatable bonds is 0. The highest BCUT2D eigenvalue weighted by Gasteiger charge is 2.93. The first kappa shape index (κ1) is 8.55. The van der Waals surface area contributed by atoms with Gasteiger partial charge in [-0.1, -0.05) is 39.3 Å². The predicted octanol–water partition coefficient (Wildman–Crippen LogP) is 2.96. The Kier molecular flexibility index (Phi) is 0.994. The summed E-state index contributed by atoms with van der Waals surface area (Å²) in [5, 5.41) is 0. The molecule has 0 aromatic rings. The first-order valence-corrected chi connectivity index (χ1v) is 6.19. The number of hydrogen-bond donors (Lipinski definition) is 0. The quantitative estimate of drug-likeness (QED) is 0.552. The standard InChI is InChI=1S/C14H18O/c1-11(2)10(15)12(3)9-5-8-13(11)6-4-7-14(9,12)13/h5,8-9H,4,6-7H2,1-3H3. The van der Waals surface area contributed by atoms with Crippen molar-refractivity contribution in [1.82, 2.24) is 0 Å². The fourth-order valence-corrected chi connectivity index (χ4v) is 6.10. The van der Waals surface area contributed by atoms with E-state index < -0.39 is 0 Å². The first-order valence-electron chi connectivity index (χ1n) is 6.19. The third-order valence-corrected chi connectivity index (χ3v) is 6.66. The zero-order chi connectivity index (χ0) is 10.7. The van der Waals surface area contributed by atoms with Crippen LogP contribution in [0.2, 0.25) is 0 Å². The molecule has 1 heteroatoms. The Balaban J connectivity index is 2.08. The van der Waals surface area contributed by atoms with Gasteiger partial charge in [-0.15, -0.1) is 0 Å². The van der Waals surface area contributed by atoms with E-state index in [9.17, 15) is 4.79 Å². The molecule has 4 unspecified atom stereocenters. The number of fused-ring (bicyclic) bond motifs is 1. The fourth-order valence-electron chi connectivity index (χ4n) is 6.10. The molecule has 0 radical (unpaired) electrons. The predicted molar refractivity (Wildman–Crippen MR) is 58.2 cm³/mol. The minimum atomic E-state index is -0.109. The van der Waals surface area contributed by atoms with E-state index in [0.717, 1.165) is 0 Å². The molecule has 0 amide bonds. The Bertz CT molecular complexity index is 426. The largest absolute Gasteiger partial charge is 0.298 e. The van der Waals surface area contributed by atoms with Crippen molar-refractivity contribution >= 4 is 5.78 Å². The van der Waals surface area contributed by atoms with Crippen molar-refractivity contribution in [2.75, 3.05) is 0 Å². The highest BCUT2D eigenvalue weighted by Crippen LogP contribution is 2.94. The van der Waals surface area contributed by atoms with Gasteiger partial charge in [0.15, 0.2) is 0 Å². The highest BCUT2D eigenvalue weighted by atomic mass is 16.1. The molecule has 0 aromatic heterocycles. The summed E-state index contributed by atoms with van der Waals surface area (Å²) < 4.78 is 0. The molecule has 1 spiro atoms. The van der Waals surface area contributed by atoms with E-state index >= 15 is 0 Å². The highest BCUT2D eigenvalue weighted by molar-refractivity contribution is 6.01. The lowest BCUT2D eigenvalue weighted by Gasteiger charge is -2.39. The van der Waals surface area contributed by atoms with E-state index in [0.29, 0.717) is 17.1 Å². The van der Waals surface area contributed by atoms with Crippen molar-refractivity contribution < 1.29 is 4.79 Å². The lowest BCUT2D eigenvalue weighted by molar-refractivity contribution is -0.132. The van der Waals surface area contributed by atoms with Gasteiger partial charge in [-0.2, -0.15) is 0 Å². The van der Waals surface area contributed by atoms with Gasteiger partial charge in [0.25, 0.3) is 0 Å². The molecule has 1 nitrogen and oxygen atoms in total. The Labute approximate surface area is 90.9 Å². The number of ketones is 1. The average Bonchev–Trinajstić information content (AvgIpc) is 2.55. The lowest BCUT2D eigenvalue weighted by Crippen LogP contribution is -2.39. The van der Waals surface area contributed by atoms with Crippen LogP contribution < -0.4 is 0 Å². The van der Waals surface area contributed by atoms with Crippen molar-refractivity contribution in [2.45, 2.75) is 40.0 Å². The molecule has 0 saturated heterocycles. The molecule has 4 aliphatic carbocycles. The minimum Gasteiger partial charge on any atom is -0.298 e. The Morgan fingerprint density at radius 3 is 2.67 bits per heavy atom. The van der Waals surface area contributed by atoms with Gasteiger partial charge in [0, 0.05) is 21.7 Å². The topological polar surface area (TPSA) is 17.1 Å². The molecule has 4 atom stereocenters. The molecule has 0 aliphatic heterocycles. The summed E-state index contributed by atoms with van der Waals surface area (Å²) in [5.74, 6) is 1.14. The van der Waals surface area contributed by atoms with Gasteiger partial charge in [0.05, 0.1) is 0 Å². The molecule has 4 aliphatic rings. The third kappa shape index (κ3) is 0.448. The molecule has 0 N–H and O–H groups in total. The van der Waals surface area contributed by atoms with Gasteiger partial charge >= 0.3 is 0 Å². The van der Waals surface area contributed by atoms with Gasteiger partial charge < -0.3 is 0 Å². The summed E-state index contributed by atoms with van der Waals surface area (Å²) >= 11 is 0. The lowest BCUT2D eigenvalue weighted by atomic mass is 9.62. The maximum atomic E-state index is 12.6. The molecule has 0 aromatic carbocycles. The van der Waals surface area contributed by atoms with Gasteiger partial charge in [0.1, 0.15) is 5.78 Å². The second-order valence-corrected chi connectivity index (χ2v) is 6.79.